The molecule has 0 N–H and O–H groups in total. The first-order chi connectivity index (χ1) is 28.5. The van der Waals surface area contributed by atoms with Crippen LogP contribution in [0.1, 0.15) is 245 Å². The molecule has 0 aromatic rings. The van der Waals surface area contributed by atoms with Crippen LogP contribution in [0, 0.1) is 0 Å². The van der Waals surface area contributed by atoms with Crippen molar-refractivity contribution in [3.8, 4) is 0 Å². The van der Waals surface area contributed by atoms with Crippen molar-refractivity contribution in [2.24, 2.45) is 0 Å². The van der Waals surface area contributed by atoms with E-state index in [9.17, 15) is 14.4 Å². The molecule has 336 valence electrons. The average molecular weight is 813 g/mol. The number of ether oxygens (including phenoxy) is 3. The van der Waals surface area contributed by atoms with Gasteiger partial charge in [-0.25, -0.2) is 0 Å². The summed E-state index contributed by atoms with van der Waals surface area (Å²) in [6.07, 6.45) is 55.4. The van der Waals surface area contributed by atoms with E-state index in [2.05, 4.69) is 69.4 Å². The van der Waals surface area contributed by atoms with E-state index in [1.807, 2.05) is 0 Å². The number of carbonyl (C=O) groups is 3. The minimum atomic E-state index is -0.766. The molecule has 0 saturated carbocycles. The molecule has 58 heavy (non-hydrogen) atoms. The van der Waals surface area contributed by atoms with Gasteiger partial charge in [0.25, 0.3) is 0 Å². The third-order valence-corrected chi connectivity index (χ3v) is 10.6. The van der Waals surface area contributed by atoms with Gasteiger partial charge in [0.05, 0.1) is 0 Å². The Morgan fingerprint density at radius 2 is 0.672 bits per heavy atom. The lowest BCUT2D eigenvalue weighted by Gasteiger charge is -2.18. The van der Waals surface area contributed by atoms with Crippen molar-refractivity contribution in [2.75, 3.05) is 13.2 Å². The molecule has 0 aliphatic rings. The molecular weight excluding hydrogens is 721 g/mol. The van der Waals surface area contributed by atoms with Crippen LogP contribution in [0.3, 0.4) is 0 Å². The molecular formula is C52H92O6. The Morgan fingerprint density at radius 3 is 1.05 bits per heavy atom. The van der Waals surface area contributed by atoms with E-state index in [1.165, 1.54) is 122 Å². The first-order valence-corrected chi connectivity index (χ1v) is 24.6. The topological polar surface area (TPSA) is 78.9 Å². The van der Waals surface area contributed by atoms with Gasteiger partial charge in [0.15, 0.2) is 6.10 Å². The zero-order chi connectivity index (χ0) is 42.3. The molecule has 0 radical (unpaired) electrons. The van der Waals surface area contributed by atoms with Gasteiger partial charge in [0, 0.05) is 19.3 Å². The summed E-state index contributed by atoms with van der Waals surface area (Å²) in [5, 5.41) is 0. The number of hydrogen-bond donors (Lipinski definition) is 0. The smallest absolute Gasteiger partial charge is 0.306 e. The van der Waals surface area contributed by atoms with Crippen LogP contribution < -0.4 is 0 Å². The number of esters is 3. The van der Waals surface area contributed by atoms with Gasteiger partial charge in [-0.3, -0.25) is 14.4 Å². The van der Waals surface area contributed by atoms with Crippen LogP contribution in [0.2, 0.25) is 0 Å². The lowest BCUT2D eigenvalue weighted by molar-refractivity contribution is -0.167. The summed E-state index contributed by atoms with van der Waals surface area (Å²) in [5.74, 6) is -0.879. The summed E-state index contributed by atoms with van der Waals surface area (Å²) in [6, 6.07) is 0. The molecule has 0 spiro atoms. The van der Waals surface area contributed by atoms with Crippen molar-refractivity contribution in [2.45, 2.75) is 252 Å². The van der Waals surface area contributed by atoms with Crippen molar-refractivity contribution in [1.29, 1.82) is 0 Å². The molecule has 1 unspecified atom stereocenters. The molecule has 0 saturated heterocycles. The SMILES string of the molecule is CC/C=C\C/C=C\C/C=C\C/C=C\CCCCCCCCCCCCC(=O)OCC(COC(=O)CCCCCCCCCC)OC(=O)CCCCCCCCCCC. The maximum absolute atomic E-state index is 12.7. The summed E-state index contributed by atoms with van der Waals surface area (Å²) < 4.78 is 16.7. The van der Waals surface area contributed by atoms with E-state index in [0.29, 0.717) is 19.3 Å². The Hall–Kier alpha value is -2.63. The van der Waals surface area contributed by atoms with E-state index >= 15 is 0 Å². The minimum absolute atomic E-state index is 0.0715. The highest BCUT2D eigenvalue weighted by Crippen LogP contribution is 2.15. The summed E-state index contributed by atoms with van der Waals surface area (Å²) in [5.41, 5.74) is 0. The molecule has 0 fully saturated rings. The Kier molecular flexibility index (Phi) is 44.9. The molecule has 0 aliphatic heterocycles. The number of hydrogen-bond acceptors (Lipinski definition) is 6. The lowest BCUT2D eigenvalue weighted by atomic mass is 10.1. The van der Waals surface area contributed by atoms with Crippen molar-refractivity contribution in [1.82, 2.24) is 0 Å². The molecule has 1 atom stereocenters. The van der Waals surface area contributed by atoms with Crippen LogP contribution in [0.5, 0.6) is 0 Å². The highest BCUT2D eigenvalue weighted by atomic mass is 16.6. The number of carbonyl (C=O) groups excluding carboxylic acids is 3. The van der Waals surface area contributed by atoms with Crippen molar-refractivity contribution < 1.29 is 28.6 Å². The lowest BCUT2D eigenvalue weighted by Crippen LogP contribution is -2.30. The van der Waals surface area contributed by atoms with Crippen LogP contribution in [-0.2, 0) is 28.6 Å². The van der Waals surface area contributed by atoms with Gasteiger partial charge < -0.3 is 14.2 Å². The molecule has 0 heterocycles. The Morgan fingerprint density at radius 1 is 0.362 bits per heavy atom. The minimum Gasteiger partial charge on any atom is -0.462 e. The molecule has 0 amide bonds. The zero-order valence-electron chi connectivity index (χ0n) is 38.3. The number of unbranched alkanes of at least 4 members (excludes halogenated alkanes) is 25. The van der Waals surface area contributed by atoms with Crippen molar-refractivity contribution in [3.05, 3.63) is 48.6 Å². The molecule has 0 aromatic heterocycles. The van der Waals surface area contributed by atoms with E-state index in [4.69, 9.17) is 14.2 Å². The number of allylic oxidation sites excluding steroid dienone is 8. The van der Waals surface area contributed by atoms with Gasteiger partial charge in [0.1, 0.15) is 13.2 Å². The van der Waals surface area contributed by atoms with E-state index < -0.39 is 6.10 Å². The summed E-state index contributed by atoms with van der Waals surface area (Å²) in [6.45, 7) is 6.48. The summed E-state index contributed by atoms with van der Waals surface area (Å²) >= 11 is 0. The monoisotopic (exact) mass is 813 g/mol. The Balaban J connectivity index is 4.15. The second-order valence-electron chi connectivity index (χ2n) is 16.4. The van der Waals surface area contributed by atoms with Crippen LogP contribution in [0.25, 0.3) is 0 Å². The average Bonchev–Trinajstić information content (AvgIpc) is 3.22. The van der Waals surface area contributed by atoms with Gasteiger partial charge in [-0.05, 0) is 57.8 Å². The van der Waals surface area contributed by atoms with Gasteiger partial charge >= 0.3 is 17.9 Å². The maximum Gasteiger partial charge on any atom is 0.306 e. The van der Waals surface area contributed by atoms with Gasteiger partial charge in [-0.15, -0.1) is 0 Å². The van der Waals surface area contributed by atoms with Crippen LogP contribution in [0.15, 0.2) is 48.6 Å². The maximum atomic E-state index is 12.7. The largest absolute Gasteiger partial charge is 0.462 e. The molecule has 0 aromatic carbocycles. The normalized spacial score (nSPS) is 12.4. The van der Waals surface area contributed by atoms with Crippen LogP contribution >= 0.6 is 0 Å². The molecule has 6 nitrogen and oxygen atoms in total. The van der Waals surface area contributed by atoms with Crippen LogP contribution in [-0.4, -0.2) is 37.2 Å². The second kappa shape index (κ2) is 47.1. The Bertz CT molecular complexity index is 1030. The molecule has 0 aliphatic carbocycles. The summed E-state index contributed by atoms with van der Waals surface area (Å²) in [7, 11) is 0. The summed E-state index contributed by atoms with van der Waals surface area (Å²) in [4.78, 5) is 37.7. The molecule has 6 heteroatoms. The first kappa shape index (κ1) is 55.4. The van der Waals surface area contributed by atoms with Crippen molar-refractivity contribution in [3.63, 3.8) is 0 Å². The third-order valence-electron chi connectivity index (χ3n) is 10.6. The highest BCUT2D eigenvalue weighted by molar-refractivity contribution is 5.71. The quantitative estimate of drug-likeness (QED) is 0.0264. The zero-order valence-corrected chi connectivity index (χ0v) is 38.3. The van der Waals surface area contributed by atoms with Gasteiger partial charge in [0.2, 0.25) is 0 Å². The highest BCUT2D eigenvalue weighted by Gasteiger charge is 2.19. The van der Waals surface area contributed by atoms with E-state index in [-0.39, 0.29) is 31.1 Å². The first-order valence-electron chi connectivity index (χ1n) is 24.6. The van der Waals surface area contributed by atoms with Crippen molar-refractivity contribution >= 4 is 17.9 Å². The fraction of sp³-hybridized carbons (Fsp3) is 0.788. The van der Waals surface area contributed by atoms with Gasteiger partial charge in [-0.1, -0.05) is 217 Å². The van der Waals surface area contributed by atoms with Crippen LogP contribution in [0.4, 0.5) is 0 Å². The predicted octanol–water partition coefficient (Wildman–Crippen LogP) is 15.9. The van der Waals surface area contributed by atoms with E-state index in [1.54, 1.807) is 0 Å². The predicted molar refractivity (Wildman–Crippen MR) is 247 cm³/mol. The Labute approximate surface area is 358 Å². The van der Waals surface area contributed by atoms with Gasteiger partial charge in [-0.2, -0.15) is 0 Å². The fourth-order valence-electron chi connectivity index (χ4n) is 6.90. The molecule has 0 bridgehead atoms. The molecule has 0 rings (SSSR count). The standard InChI is InChI=1S/C52H92O6/c1-4-7-10-13-16-19-20-21-22-23-24-25-26-27-28-29-30-31-32-34-36-39-42-45-51(54)57-48-49(47-56-50(53)44-41-38-35-18-15-12-9-6-3)58-52(55)46-43-40-37-33-17-14-11-8-5-2/h7,10,16,19,21-22,24-25,49H,4-6,8-9,11-15,17-18,20,23,26-48H2,1-3H3/b10-7-,19-16-,22-21-,25-24-. The third kappa shape index (κ3) is 44.5. The second-order valence-corrected chi connectivity index (χ2v) is 16.4. The number of rotatable bonds is 44. The fourth-order valence-corrected chi connectivity index (χ4v) is 6.90. The van der Waals surface area contributed by atoms with E-state index in [0.717, 1.165) is 83.5 Å².